The number of benzene rings is 1. The molecule has 0 atom stereocenters. The van der Waals surface area contributed by atoms with Crippen molar-refractivity contribution in [2.45, 2.75) is 37.6 Å². The number of para-hydroxylation sites is 1. The third-order valence-electron chi connectivity index (χ3n) is 5.91. The lowest BCUT2D eigenvalue weighted by molar-refractivity contribution is -0.0361. The number of nitrogens with zero attached hydrogens (tertiary/aromatic N) is 3. The molecule has 2 aromatic rings. The monoisotopic (exact) mass is 368 g/mol. The van der Waals surface area contributed by atoms with Crippen LogP contribution in [-0.2, 0) is 4.74 Å². The van der Waals surface area contributed by atoms with Crippen molar-refractivity contribution in [3.63, 3.8) is 0 Å². The summed E-state index contributed by atoms with van der Waals surface area (Å²) in [6.45, 7) is 4.20. The maximum absolute atomic E-state index is 12.7. The van der Waals surface area contributed by atoms with Crippen molar-refractivity contribution in [3.05, 3.63) is 48.3 Å². The van der Waals surface area contributed by atoms with Gasteiger partial charge >= 0.3 is 0 Å². The smallest absolute Gasteiger partial charge is 0.254 e. The van der Waals surface area contributed by atoms with Gasteiger partial charge in [0, 0.05) is 31.4 Å². The largest absolute Gasteiger partial charge is 0.379 e. The summed E-state index contributed by atoms with van der Waals surface area (Å²) in [6.07, 6.45) is 9.51. The summed E-state index contributed by atoms with van der Waals surface area (Å²) < 4.78 is 7.28. The Hall–Kier alpha value is -2.18. The van der Waals surface area contributed by atoms with Gasteiger partial charge in [-0.05, 0) is 25.0 Å². The molecule has 6 heteroatoms. The Balaban J connectivity index is 1.43. The van der Waals surface area contributed by atoms with Crippen LogP contribution in [0.3, 0.4) is 0 Å². The van der Waals surface area contributed by atoms with Crippen LogP contribution in [-0.4, -0.2) is 59.0 Å². The quantitative estimate of drug-likeness (QED) is 0.881. The average molecular weight is 368 g/mol. The molecule has 1 aromatic heterocycles. The van der Waals surface area contributed by atoms with Crippen LogP contribution in [0.5, 0.6) is 0 Å². The van der Waals surface area contributed by atoms with Gasteiger partial charge in [0.05, 0.1) is 30.7 Å². The van der Waals surface area contributed by atoms with Crippen molar-refractivity contribution in [2.75, 3.05) is 32.8 Å². The molecule has 27 heavy (non-hydrogen) atoms. The Kier molecular flexibility index (Phi) is 5.55. The van der Waals surface area contributed by atoms with Gasteiger partial charge in [0.2, 0.25) is 0 Å². The van der Waals surface area contributed by atoms with Crippen molar-refractivity contribution in [1.82, 2.24) is 20.0 Å². The molecule has 0 bridgehead atoms. The fourth-order valence-electron chi connectivity index (χ4n) is 4.36. The first-order valence-corrected chi connectivity index (χ1v) is 9.98. The molecule has 1 N–H and O–H groups in total. The first kappa shape index (κ1) is 18.2. The van der Waals surface area contributed by atoms with Crippen LogP contribution in [0.2, 0.25) is 0 Å². The molecule has 1 amide bonds. The van der Waals surface area contributed by atoms with Crippen LogP contribution >= 0.6 is 0 Å². The number of rotatable bonds is 5. The van der Waals surface area contributed by atoms with E-state index in [-0.39, 0.29) is 11.4 Å². The van der Waals surface area contributed by atoms with Gasteiger partial charge < -0.3 is 10.1 Å². The minimum atomic E-state index is -0.0459. The molecule has 1 saturated heterocycles. The van der Waals surface area contributed by atoms with E-state index in [1.165, 1.54) is 19.3 Å². The van der Waals surface area contributed by atoms with E-state index in [2.05, 4.69) is 15.3 Å². The zero-order valence-corrected chi connectivity index (χ0v) is 15.8. The Bertz CT molecular complexity index is 747. The second-order valence-corrected chi connectivity index (χ2v) is 7.58. The molecule has 6 nitrogen and oxygen atoms in total. The van der Waals surface area contributed by atoms with E-state index in [9.17, 15) is 4.79 Å². The van der Waals surface area contributed by atoms with Crippen LogP contribution in [0.15, 0.2) is 42.7 Å². The van der Waals surface area contributed by atoms with E-state index in [1.807, 2.05) is 30.3 Å². The van der Waals surface area contributed by atoms with E-state index in [0.29, 0.717) is 12.1 Å². The van der Waals surface area contributed by atoms with Crippen LogP contribution in [0.25, 0.3) is 5.69 Å². The zero-order valence-electron chi connectivity index (χ0n) is 15.8. The fourth-order valence-corrected chi connectivity index (χ4v) is 4.36. The summed E-state index contributed by atoms with van der Waals surface area (Å²) in [7, 11) is 0. The van der Waals surface area contributed by atoms with Gasteiger partial charge in [-0.1, -0.05) is 37.5 Å². The molecule has 144 valence electrons. The molecule has 2 heterocycles. The minimum absolute atomic E-state index is 0.0459. The van der Waals surface area contributed by atoms with E-state index < -0.39 is 0 Å². The number of amides is 1. The summed E-state index contributed by atoms with van der Waals surface area (Å²) in [5.41, 5.74) is 1.63. The third kappa shape index (κ3) is 4.06. The Labute approximate surface area is 160 Å². The van der Waals surface area contributed by atoms with Gasteiger partial charge in [-0.2, -0.15) is 5.10 Å². The van der Waals surface area contributed by atoms with Crippen molar-refractivity contribution in [3.8, 4) is 5.69 Å². The van der Waals surface area contributed by atoms with Gasteiger partial charge in [0.15, 0.2) is 0 Å². The average Bonchev–Trinajstić information content (AvgIpc) is 3.24. The highest BCUT2D eigenvalue weighted by Crippen LogP contribution is 2.34. The second-order valence-electron chi connectivity index (χ2n) is 7.58. The number of aromatic nitrogens is 2. The number of hydrogen-bond acceptors (Lipinski definition) is 4. The van der Waals surface area contributed by atoms with Gasteiger partial charge in [-0.15, -0.1) is 0 Å². The van der Waals surface area contributed by atoms with Crippen molar-refractivity contribution in [1.29, 1.82) is 0 Å². The molecule has 2 fully saturated rings. The van der Waals surface area contributed by atoms with Crippen molar-refractivity contribution < 1.29 is 9.53 Å². The third-order valence-corrected chi connectivity index (χ3v) is 5.91. The molecule has 0 spiro atoms. The summed E-state index contributed by atoms with van der Waals surface area (Å²) >= 11 is 0. The zero-order chi connectivity index (χ0) is 18.5. The first-order chi connectivity index (χ1) is 13.3. The highest BCUT2D eigenvalue weighted by molar-refractivity contribution is 5.93. The molecular weight excluding hydrogens is 340 g/mol. The highest BCUT2D eigenvalue weighted by Gasteiger charge is 2.38. The molecule has 0 unspecified atom stereocenters. The molecule has 1 saturated carbocycles. The van der Waals surface area contributed by atoms with E-state index in [1.54, 1.807) is 17.1 Å². The maximum atomic E-state index is 12.7. The minimum Gasteiger partial charge on any atom is -0.379 e. The number of carbonyl (C=O) groups excluding carboxylic acids is 1. The Morgan fingerprint density at radius 3 is 2.59 bits per heavy atom. The fraction of sp³-hybridized carbons (Fsp3) is 0.524. The number of nitrogens with one attached hydrogen (secondary N) is 1. The first-order valence-electron chi connectivity index (χ1n) is 9.98. The van der Waals surface area contributed by atoms with Crippen molar-refractivity contribution >= 4 is 5.91 Å². The second kappa shape index (κ2) is 8.23. The molecule has 1 aromatic carbocycles. The van der Waals surface area contributed by atoms with Gasteiger partial charge in [0.1, 0.15) is 0 Å². The Morgan fingerprint density at radius 1 is 1.11 bits per heavy atom. The number of morpholine rings is 1. The maximum Gasteiger partial charge on any atom is 0.254 e. The highest BCUT2D eigenvalue weighted by atomic mass is 16.5. The molecular formula is C21H28N4O2. The lowest BCUT2D eigenvalue weighted by Crippen LogP contribution is -2.59. The van der Waals surface area contributed by atoms with Crippen LogP contribution in [0.1, 0.15) is 42.5 Å². The Morgan fingerprint density at radius 2 is 1.85 bits per heavy atom. The van der Waals surface area contributed by atoms with Crippen LogP contribution < -0.4 is 5.32 Å². The van der Waals surface area contributed by atoms with E-state index in [0.717, 1.165) is 44.8 Å². The predicted octanol–water partition coefficient (Wildman–Crippen LogP) is 2.64. The van der Waals surface area contributed by atoms with Crippen LogP contribution in [0, 0.1) is 0 Å². The SMILES string of the molecule is O=C(NCC1(N2CCOCC2)CCCCC1)c1cnn(-c2ccccc2)c1. The van der Waals surface area contributed by atoms with Gasteiger partial charge in [-0.3, -0.25) is 9.69 Å². The number of hydrogen-bond donors (Lipinski definition) is 1. The van der Waals surface area contributed by atoms with Gasteiger partial charge in [-0.25, -0.2) is 4.68 Å². The molecule has 2 aliphatic rings. The number of carbonyl (C=O) groups is 1. The predicted molar refractivity (Wildman–Crippen MR) is 104 cm³/mol. The normalized spacial score (nSPS) is 20.3. The van der Waals surface area contributed by atoms with E-state index in [4.69, 9.17) is 4.74 Å². The summed E-state index contributed by atoms with van der Waals surface area (Å²) in [5, 5.41) is 7.54. The summed E-state index contributed by atoms with van der Waals surface area (Å²) in [6, 6.07) is 9.85. The molecule has 0 radical (unpaired) electrons. The number of ether oxygens (including phenoxy) is 1. The van der Waals surface area contributed by atoms with Crippen LogP contribution in [0.4, 0.5) is 0 Å². The standard InChI is InChI=1S/C21H28N4O2/c26-20(18-15-23-25(16-18)19-7-3-1-4-8-19)22-17-21(9-5-2-6-10-21)24-11-13-27-14-12-24/h1,3-4,7-8,15-16H,2,5-6,9-14,17H2,(H,22,26). The molecule has 1 aliphatic heterocycles. The summed E-state index contributed by atoms with van der Waals surface area (Å²) in [5.74, 6) is -0.0459. The summed E-state index contributed by atoms with van der Waals surface area (Å²) in [4.78, 5) is 15.3. The van der Waals surface area contributed by atoms with Gasteiger partial charge in [0.25, 0.3) is 5.91 Å². The van der Waals surface area contributed by atoms with E-state index >= 15 is 0 Å². The molecule has 1 aliphatic carbocycles. The lowest BCUT2D eigenvalue weighted by Gasteiger charge is -2.48. The molecule has 4 rings (SSSR count). The van der Waals surface area contributed by atoms with Crippen molar-refractivity contribution in [2.24, 2.45) is 0 Å². The topological polar surface area (TPSA) is 59.4 Å². The lowest BCUT2D eigenvalue weighted by atomic mass is 9.79.